The fraction of sp³-hybridized carbons (Fsp3) is 0.923. The molecule has 2 N–H and O–H groups in total. The molecule has 0 aromatic carbocycles. The Kier molecular flexibility index (Phi) is 5.25. The molecule has 1 aliphatic heterocycles. The second kappa shape index (κ2) is 6.24. The number of hydrogen-bond donors (Lipinski definition) is 2. The van der Waals surface area contributed by atoms with Gasteiger partial charge in [-0.3, -0.25) is 0 Å². The Balaban J connectivity index is 2.14. The molecule has 0 radical (unpaired) electrons. The molecule has 0 aliphatic carbocycles. The van der Waals surface area contributed by atoms with Gasteiger partial charge in [0.1, 0.15) is 0 Å². The van der Waals surface area contributed by atoms with Crippen LogP contribution in [-0.4, -0.2) is 42.3 Å². The minimum Gasteiger partial charge on any atom is -0.396 e. The van der Waals surface area contributed by atoms with Crippen molar-refractivity contribution in [3.05, 3.63) is 0 Å². The van der Waals surface area contributed by atoms with Crippen LogP contribution < -0.4 is 5.32 Å². The summed E-state index contributed by atoms with van der Waals surface area (Å²) in [5.41, 5.74) is 0.334. The number of rotatable bonds is 4. The zero-order valence-electron chi connectivity index (χ0n) is 11.3. The maximum atomic E-state index is 11.8. The molecule has 1 unspecified atom stereocenters. The van der Waals surface area contributed by atoms with E-state index in [9.17, 15) is 4.79 Å². The number of nitrogens with one attached hydrogen (secondary N) is 1. The number of carbonyl (C=O) groups excluding carboxylic acids is 1. The number of urea groups is 1. The zero-order valence-corrected chi connectivity index (χ0v) is 11.3. The Hall–Kier alpha value is -0.770. The fourth-order valence-corrected chi connectivity index (χ4v) is 2.09. The molecule has 100 valence electrons. The lowest BCUT2D eigenvalue weighted by molar-refractivity contribution is 0.197. The Morgan fingerprint density at radius 1 is 1.47 bits per heavy atom. The van der Waals surface area contributed by atoms with Gasteiger partial charge in [-0.2, -0.15) is 0 Å². The third-order valence-corrected chi connectivity index (χ3v) is 3.21. The van der Waals surface area contributed by atoms with Crippen LogP contribution in [0.1, 0.15) is 40.0 Å². The minimum atomic E-state index is 0.0230. The van der Waals surface area contributed by atoms with E-state index in [0.717, 1.165) is 32.4 Å². The molecule has 1 fully saturated rings. The van der Waals surface area contributed by atoms with Gasteiger partial charge < -0.3 is 15.3 Å². The van der Waals surface area contributed by atoms with Crippen LogP contribution in [-0.2, 0) is 0 Å². The highest BCUT2D eigenvalue weighted by Crippen LogP contribution is 2.20. The molecule has 1 heterocycles. The Labute approximate surface area is 104 Å². The Morgan fingerprint density at radius 3 is 2.71 bits per heavy atom. The normalized spacial score (nSPS) is 20.7. The molecule has 0 bridgehead atoms. The van der Waals surface area contributed by atoms with E-state index in [2.05, 4.69) is 26.1 Å². The van der Waals surface area contributed by atoms with Gasteiger partial charge in [-0.1, -0.05) is 20.8 Å². The predicted molar refractivity (Wildman–Crippen MR) is 68.9 cm³/mol. The van der Waals surface area contributed by atoms with Crippen LogP contribution in [0.25, 0.3) is 0 Å². The van der Waals surface area contributed by atoms with E-state index in [0.29, 0.717) is 12.0 Å². The van der Waals surface area contributed by atoms with Crippen molar-refractivity contribution in [3.8, 4) is 0 Å². The van der Waals surface area contributed by atoms with Crippen LogP contribution in [0.3, 0.4) is 0 Å². The van der Waals surface area contributed by atoms with E-state index < -0.39 is 0 Å². The Morgan fingerprint density at radius 2 is 2.18 bits per heavy atom. The van der Waals surface area contributed by atoms with Crippen molar-refractivity contribution in [1.29, 1.82) is 0 Å². The van der Waals surface area contributed by atoms with Crippen LogP contribution in [0.5, 0.6) is 0 Å². The number of amides is 2. The van der Waals surface area contributed by atoms with Gasteiger partial charge in [0.25, 0.3) is 0 Å². The smallest absolute Gasteiger partial charge is 0.317 e. The summed E-state index contributed by atoms with van der Waals surface area (Å²) in [6, 6.07) is 0.0230. The maximum Gasteiger partial charge on any atom is 0.317 e. The summed E-state index contributed by atoms with van der Waals surface area (Å²) in [6.07, 6.45) is 3.06. The van der Waals surface area contributed by atoms with Crippen molar-refractivity contribution in [2.75, 3.05) is 26.2 Å². The monoisotopic (exact) mass is 242 g/mol. The molecule has 4 heteroatoms. The summed E-state index contributed by atoms with van der Waals surface area (Å²) in [5, 5.41) is 12.0. The van der Waals surface area contributed by atoms with Crippen LogP contribution >= 0.6 is 0 Å². The number of aliphatic hydroxyl groups is 1. The first-order valence-corrected chi connectivity index (χ1v) is 6.56. The predicted octanol–water partition coefficient (Wildman–Crippen LogP) is 1.84. The lowest BCUT2D eigenvalue weighted by atomic mass is 9.91. The molecule has 0 aromatic rings. The number of carbonyl (C=O) groups is 1. The van der Waals surface area contributed by atoms with E-state index in [1.54, 1.807) is 4.90 Å². The number of likely N-dealkylation sites (tertiary alicyclic amines) is 1. The first kappa shape index (κ1) is 14.3. The van der Waals surface area contributed by atoms with Crippen molar-refractivity contribution in [3.63, 3.8) is 0 Å². The quantitative estimate of drug-likeness (QED) is 0.739. The van der Waals surface area contributed by atoms with Crippen LogP contribution in [0.15, 0.2) is 0 Å². The second-order valence-corrected chi connectivity index (χ2v) is 6.18. The zero-order chi connectivity index (χ0) is 12.9. The molecule has 0 aromatic heterocycles. The molecular weight excluding hydrogens is 216 g/mol. The third kappa shape index (κ3) is 5.39. The number of aliphatic hydroxyl groups excluding tert-OH is 1. The SMILES string of the molecule is CC(C)(C)CCCNC(=O)N1CCC(CO)C1. The van der Waals surface area contributed by atoms with Crippen molar-refractivity contribution < 1.29 is 9.90 Å². The molecule has 0 spiro atoms. The van der Waals surface area contributed by atoms with E-state index in [4.69, 9.17) is 5.11 Å². The van der Waals surface area contributed by atoms with Crippen molar-refractivity contribution in [2.45, 2.75) is 40.0 Å². The van der Waals surface area contributed by atoms with Gasteiger partial charge in [0.2, 0.25) is 0 Å². The van der Waals surface area contributed by atoms with Gasteiger partial charge in [0.15, 0.2) is 0 Å². The van der Waals surface area contributed by atoms with Gasteiger partial charge >= 0.3 is 6.03 Å². The summed E-state index contributed by atoms with van der Waals surface area (Å²) in [7, 11) is 0. The molecule has 17 heavy (non-hydrogen) atoms. The van der Waals surface area contributed by atoms with E-state index in [-0.39, 0.29) is 18.6 Å². The van der Waals surface area contributed by atoms with Gasteiger partial charge in [-0.05, 0) is 24.7 Å². The van der Waals surface area contributed by atoms with E-state index >= 15 is 0 Å². The fourth-order valence-electron chi connectivity index (χ4n) is 2.09. The molecular formula is C13H26N2O2. The van der Waals surface area contributed by atoms with Crippen molar-refractivity contribution in [1.82, 2.24) is 10.2 Å². The van der Waals surface area contributed by atoms with Crippen molar-refractivity contribution >= 4 is 6.03 Å². The molecule has 0 saturated carbocycles. The van der Waals surface area contributed by atoms with Gasteiger partial charge in [-0.25, -0.2) is 4.79 Å². The summed E-state index contributed by atoms with van der Waals surface area (Å²) in [6.45, 7) is 9.03. The average molecular weight is 242 g/mol. The highest BCUT2D eigenvalue weighted by atomic mass is 16.3. The summed E-state index contributed by atoms with van der Waals surface area (Å²) in [5.74, 6) is 0.273. The highest BCUT2D eigenvalue weighted by molar-refractivity contribution is 5.74. The summed E-state index contributed by atoms with van der Waals surface area (Å²) < 4.78 is 0. The number of nitrogens with zero attached hydrogens (tertiary/aromatic N) is 1. The van der Waals surface area contributed by atoms with E-state index in [1.807, 2.05) is 0 Å². The standard InChI is InChI=1S/C13H26N2O2/c1-13(2,3)6-4-7-14-12(17)15-8-5-11(9-15)10-16/h11,16H,4-10H2,1-3H3,(H,14,17). The lowest BCUT2D eigenvalue weighted by Crippen LogP contribution is -2.39. The molecule has 4 nitrogen and oxygen atoms in total. The molecule has 1 saturated heterocycles. The topological polar surface area (TPSA) is 52.6 Å². The molecule has 2 amide bonds. The van der Waals surface area contributed by atoms with Crippen LogP contribution in [0, 0.1) is 11.3 Å². The number of hydrogen-bond acceptors (Lipinski definition) is 2. The maximum absolute atomic E-state index is 11.8. The van der Waals surface area contributed by atoms with Gasteiger partial charge in [0, 0.05) is 32.2 Å². The highest BCUT2D eigenvalue weighted by Gasteiger charge is 2.25. The van der Waals surface area contributed by atoms with Gasteiger partial charge in [-0.15, -0.1) is 0 Å². The summed E-state index contributed by atoms with van der Waals surface area (Å²) >= 11 is 0. The van der Waals surface area contributed by atoms with Crippen LogP contribution in [0.4, 0.5) is 4.79 Å². The minimum absolute atomic E-state index is 0.0230. The molecule has 1 rings (SSSR count). The lowest BCUT2D eigenvalue weighted by Gasteiger charge is -2.20. The Bertz CT molecular complexity index is 248. The first-order valence-electron chi connectivity index (χ1n) is 6.56. The van der Waals surface area contributed by atoms with Crippen LogP contribution in [0.2, 0.25) is 0 Å². The third-order valence-electron chi connectivity index (χ3n) is 3.21. The average Bonchev–Trinajstić information content (AvgIpc) is 2.71. The molecule has 1 atom stereocenters. The first-order chi connectivity index (χ1) is 7.92. The molecule has 1 aliphatic rings. The van der Waals surface area contributed by atoms with Gasteiger partial charge in [0.05, 0.1) is 0 Å². The second-order valence-electron chi connectivity index (χ2n) is 6.18. The van der Waals surface area contributed by atoms with E-state index in [1.165, 1.54) is 0 Å². The summed E-state index contributed by atoms with van der Waals surface area (Å²) in [4.78, 5) is 13.6. The van der Waals surface area contributed by atoms with Crippen molar-refractivity contribution in [2.24, 2.45) is 11.3 Å². The largest absolute Gasteiger partial charge is 0.396 e.